The number of ether oxygens (including phenoxy) is 2. The molecule has 1 aromatic carbocycles. The number of hydrogen-bond donors (Lipinski definition) is 1. The molecule has 1 aliphatic carbocycles. The summed E-state index contributed by atoms with van der Waals surface area (Å²) in [5.74, 6) is 0.882. The number of nitrogens with two attached hydrogens (primary N) is 1. The standard InChI is InChI=1S/C14H20BrNO2/c15-11-1-5-13(6-2-11)17-9-10-18-14-7-3-12(16)4-8-14/h1-2,5-6,12,14H,3-4,7-10,16H2. The van der Waals surface area contributed by atoms with Gasteiger partial charge < -0.3 is 15.2 Å². The molecule has 1 aromatic rings. The zero-order chi connectivity index (χ0) is 12.8. The molecule has 1 aliphatic rings. The maximum atomic E-state index is 5.86. The first kappa shape index (κ1) is 13.8. The Morgan fingerprint density at radius 2 is 1.72 bits per heavy atom. The summed E-state index contributed by atoms with van der Waals surface area (Å²) in [6, 6.07) is 8.22. The zero-order valence-corrected chi connectivity index (χ0v) is 12.1. The molecule has 100 valence electrons. The van der Waals surface area contributed by atoms with E-state index in [2.05, 4.69) is 15.9 Å². The molecule has 1 saturated carbocycles. The maximum absolute atomic E-state index is 5.86. The molecule has 3 nitrogen and oxygen atoms in total. The number of halogens is 1. The van der Waals surface area contributed by atoms with Crippen LogP contribution in [0.2, 0.25) is 0 Å². The summed E-state index contributed by atoms with van der Waals surface area (Å²) >= 11 is 3.39. The van der Waals surface area contributed by atoms with E-state index in [0.717, 1.165) is 35.9 Å². The second-order valence-electron chi connectivity index (χ2n) is 4.71. The van der Waals surface area contributed by atoms with Crippen molar-refractivity contribution in [3.05, 3.63) is 28.7 Å². The van der Waals surface area contributed by atoms with Crippen LogP contribution >= 0.6 is 15.9 Å². The summed E-state index contributed by atoms with van der Waals surface area (Å²) in [6.45, 7) is 1.25. The van der Waals surface area contributed by atoms with Crippen LogP contribution in [0.15, 0.2) is 28.7 Å². The highest BCUT2D eigenvalue weighted by Crippen LogP contribution is 2.20. The fourth-order valence-electron chi connectivity index (χ4n) is 2.16. The van der Waals surface area contributed by atoms with E-state index in [1.165, 1.54) is 0 Å². The molecule has 0 amide bonds. The van der Waals surface area contributed by atoms with Crippen molar-refractivity contribution in [2.45, 2.75) is 37.8 Å². The van der Waals surface area contributed by atoms with Gasteiger partial charge in [-0.05, 0) is 49.9 Å². The maximum Gasteiger partial charge on any atom is 0.119 e. The highest BCUT2D eigenvalue weighted by molar-refractivity contribution is 9.10. The van der Waals surface area contributed by atoms with E-state index in [1.54, 1.807) is 0 Å². The van der Waals surface area contributed by atoms with E-state index in [1.807, 2.05) is 24.3 Å². The molecular weight excluding hydrogens is 294 g/mol. The first-order chi connectivity index (χ1) is 8.74. The fraction of sp³-hybridized carbons (Fsp3) is 0.571. The molecule has 0 spiro atoms. The number of rotatable bonds is 5. The molecule has 0 saturated heterocycles. The third-order valence-corrected chi connectivity index (χ3v) is 3.77. The Labute approximate surface area is 117 Å². The predicted octanol–water partition coefficient (Wildman–Crippen LogP) is 3.11. The summed E-state index contributed by atoms with van der Waals surface area (Å²) in [5, 5.41) is 0. The average molecular weight is 314 g/mol. The smallest absolute Gasteiger partial charge is 0.119 e. The van der Waals surface area contributed by atoms with Crippen molar-refractivity contribution >= 4 is 15.9 Å². The van der Waals surface area contributed by atoms with Crippen LogP contribution in [0.1, 0.15) is 25.7 Å². The second kappa shape index (κ2) is 7.12. The van der Waals surface area contributed by atoms with Crippen LogP contribution in [0.3, 0.4) is 0 Å². The van der Waals surface area contributed by atoms with Gasteiger partial charge in [-0.3, -0.25) is 0 Å². The van der Waals surface area contributed by atoms with Gasteiger partial charge in [0.05, 0.1) is 12.7 Å². The van der Waals surface area contributed by atoms with Crippen LogP contribution in [0.4, 0.5) is 0 Å². The third kappa shape index (κ3) is 4.59. The summed E-state index contributed by atoms with van der Waals surface area (Å²) in [6.07, 6.45) is 4.70. The minimum absolute atomic E-state index is 0.373. The molecule has 0 aliphatic heterocycles. The van der Waals surface area contributed by atoms with Gasteiger partial charge in [-0.1, -0.05) is 15.9 Å². The Bertz CT molecular complexity index is 347. The second-order valence-corrected chi connectivity index (χ2v) is 5.63. The Morgan fingerprint density at radius 1 is 1.06 bits per heavy atom. The summed E-state index contributed by atoms with van der Waals surface area (Å²) in [7, 11) is 0. The van der Waals surface area contributed by atoms with Gasteiger partial charge in [0.15, 0.2) is 0 Å². The molecule has 4 heteroatoms. The molecule has 0 bridgehead atoms. The first-order valence-electron chi connectivity index (χ1n) is 6.49. The largest absolute Gasteiger partial charge is 0.491 e. The SMILES string of the molecule is NC1CCC(OCCOc2ccc(Br)cc2)CC1. The number of hydrogen-bond acceptors (Lipinski definition) is 3. The van der Waals surface area contributed by atoms with Crippen LogP contribution < -0.4 is 10.5 Å². The van der Waals surface area contributed by atoms with Gasteiger partial charge in [0.1, 0.15) is 12.4 Å². The van der Waals surface area contributed by atoms with Crippen LogP contribution in [-0.2, 0) is 4.74 Å². The lowest BCUT2D eigenvalue weighted by Crippen LogP contribution is -2.30. The average Bonchev–Trinajstić information content (AvgIpc) is 2.39. The minimum Gasteiger partial charge on any atom is -0.491 e. The topological polar surface area (TPSA) is 44.5 Å². The van der Waals surface area contributed by atoms with Crippen molar-refractivity contribution in [2.75, 3.05) is 13.2 Å². The Balaban J connectivity index is 1.60. The van der Waals surface area contributed by atoms with Gasteiger partial charge in [-0.15, -0.1) is 0 Å². The molecule has 2 N–H and O–H groups in total. The fourth-order valence-corrected chi connectivity index (χ4v) is 2.42. The van der Waals surface area contributed by atoms with Crippen LogP contribution in [0, 0.1) is 0 Å². The normalized spacial score (nSPS) is 23.9. The van der Waals surface area contributed by atoms with Gasteiger partial charge in [-0.25, -0.2) is 0 Å². The highest BCUT2D eigenvalue weighted by Gasteiger charge is 2.18. The minimum atomic E-state index is 0.373. The van der Waals surface area contributed by atoms with Crippen molar-refractivity contribution in [1.29, 1.82) is 0 Å². The van der Waals surface area contributed by atoms with Crippen LogP contribution in [0.5, 0.6) is 5.75 Å². The van der Waals surface area contributed by atoms with Gasteiger partial charge in [0.25, 0.3) is 0 Å². The van der Waals surface area contributed by atoms with Crippen molar-refractivity contribution < 1.29 is 9.47 Å². The lowest BCUT2D eigenvalue weighted by Gasteiger charge is -2.26. The van der Waals surface area contributed by atoms with Gasteiger partial charge in [0, 0.05) is 10.5 Å². The van der Waals surface area contributed by atoms with Gasteiger partial charge in [-0.2, -0.15) is 0 Å². The van der Waals surface area contributed by atoms with Crippen molar-refractivity contribution in [3.63, 3.8) is 0 Å². The molecule has 0 unspecified atom stereocenters. The molecule has 0 radical (unpaired) electrons. The van der Waals surface area contributed by atoms with E-state index in [0.29, 0.717) is 25.4 Å². The van der Waals surface area contributed by atoms with E-state index >= 15 is 0 Å². The van der Waals surface area contributed by atoms with E-state index in [-0.39, 0.29) is 0 Å². The molecule has 1 fully saturated rings. The third-order valence-electron chi connectivity index (χ3n) is 3.24. The summed E-state index contributed by atoms with van der Waals surface area (Å²) < 4.78 is 12.4. The van der Waals surface area contributed by atoms with Crippen molar-refractivity contribution in [1.82, 2.24) is 0 Å². The van der Waals surface area contributed by atoms with Gasteiger partial charge in [0.2, 0.25) is 0 Å². The van der Waals surface area contributed by atoms with Crippen LogP contribution in [0.25, 0.3) is 0 Å². The lowest BCUT2D eigenvalue weighted by molar-refractivity contribution is 0.0102. The molecule has 2 rings (SSSR count). The number of benzene rings is 1. The molecule has 0 aromatic heterocycles. The Morgan fingerprint density at radius 3 is 2.39 bits per heavy atom. The molecule has 0 atom stereocenters. The Kier molecular flexibility index (Phi) is 5.47. The first-order valence-corrected chi connectivity index (χ1v) is 7.29. The monoisotopic (exact) mass is 313 g/mol. The summed E-state index contributed by atoms with van der Waals surface area (Å²) in [5.41, 5.74) is 5.86. The molecule has 18 heavy (non-hydrogen) atoms. The lowest BCUT2D eigenvalue weighted by atomic mass is 9.94. The summed E-state index contributed by atoms with van der Waals surface area (Å²) in [4.78, 5) is 0. The molecular formula is C14H20BrNO2. The zero-order valence-electron chi connectivity index (χ0n) is 10.5. The van der Waals surface area contributed by atoms with Crippen molar-refractivity contribution in [3.8, 4) is 5.75 Å². The van der Waals surface area contributed by atoms with Gasteiger partial charge >= 0.3 is 0 Å². The highest BCUT2D eigenvalue weighted by atomic mass is 79.9. The van der Waals surface area contributed by atoms with E-state index in [9.17, 15) is 0 Å². The quantitative estimate of drug-likeness (QED) is 0.849. The molecule has 0 heterocycles. The van der Waals surface area contributed by atoms with Crippen LogP contribution in [-0.4, -0.2) is 25.4 Å². The van der Waals surface area contributed by atoms with E-state index < -0.39 is 0 Å². The van der Waals surface area contributed by atoms with Crippen molar-refractivity contribution in [2.24, 2.45) is 5.73 Å². The van der Waals surface area contributed by atoms with E-state index in [4.69, 9.17) is 15.2 Å². The predicted molar refractivity (Wildman–Crippen MR) is 75.8 cm³/mol. The Hall–Kier alpha value is -0.580.